The van der Waals surface area contributed by atoms with Crippen LogP contribution in [-0.4, -0.2) is 47.5 Å². The van der Waals surface area contributed by atoms with Crippen molar-refractivity contribution in [1.82, 2.24) is 10.2 Å². The molecule has 0 bridgehead atoms. The second kappa shape index (κ2) is 7.37. The Morgan fingerprint density at radius 3 is 2.36 bits per heavy atom. The number of hydrogen-bond donors (Lipinski definition) is 2. The molecule has 9 heteroatoms. The number of halogens is 2. The van der Waals surface area contributed by atoms with Gasteiger partial charge in [0.1, 0.15) is 17.2 Å². The third-order valence-corrected chi connectivity index (χ3v) is 4.57. The van der Waals surface area contributed by atoms with E-state index in [0.29, 0.717) is 13.1 Å². The summed E-state index contributed by atoms with van der Waals surface area (Å²) in [5.74, 6) is -3.86. The highest BCUT2D eigenvalue weighted by molar-refractivity contribution is 6.01. The Morgan fingerprint density at radius 2 is 1.82 bits per heavy atom. The molecule has 2 aliphatic heterocycles. The van der Waals surface area contributed by atoms with Crippen LogP contribution in [-0.2, 0) is 14.3 Å². The first-order valence-electron chi connectivity index (χ1n) is 9.10. The smallest absolute Gasteiger partial charge is 0.410 e. The van der Waals surface area contributed by atoms with Gasteiger partial charge in [0.25, 0.3) is 0 Å². The van der Waals surface area contributed by atoms with Crippen molar-refractivity contribution in [3.63, 3.8) is 0 Å². The van der Waals surface area contributed by atoms with E-state index in [-0.39, 0.29) is 30.1 Å². The van der Waals surface area contributed by atoms with E-state index in [1.807, 2.05) is 0 Å². The van der Waals surface area contributed by atoms with Crippen molar-refractivity contribution in [2.45, 2.75) is 51.2 Å². The zero-order valence-electron chi connectivity index (χ0n) is 16.0. The molecule has 152 valence electrons. The van der Waals surface area contributed by atoms with E-state index in [0.717, 1.165) is 12.1 Å². The molecule has 3 amide bonds. The number of carbonyl (C=O) groups excluding carboxylic acids is 3. The van der Waals surface area contributed by atoms with Crippen LogP contribution < -0.4 is 10.6 Å². The van der Waals surface area contributed by atoms with E-state index in [2.05, 4.69) is 10.6 Å². The van der Waals surface area contributed by atoms with Crippen LogP contribution >= 0.6 is 0 Å². The standard InChI is InChI=1S/C19H23F2N3O4/c1-19(2,3)28-18(27)24-8-11(9-24)22-10-6-13(20)16(14(21)7-10)12-4-5-15(25)23-17(12)26/h6-7,11-12,22H,4-5,8-9H2,1-3H3,(H,23,25,26). The summed E-state index contributed by atoms with van der Waals surface area (Å²) in [5.41, 5.74) is -0.701. The molecule has 1 aromatic rings. The SMILES string of the molecule is CC(C)(C)OC(=O)N1CC(Nc2cc(F)c(C3CCC(=O)NC3=O)c(F)c2)C1. The lowest BCUT2D eigenvalue weighted by Gasteiger charge is -2.40. The molecule has 28 heavy (non-hydrogen) atoms. The average molecular weight is 395 g/mol. The summed E-state index contributed by atoms with van der Waals surface area (Å²) in [4.78, 5) is 36.5. The van der Waals surface area contributed by atoms with Gasteiger partial charge >= 0.3 is 6.09 Å². The number of nitrogens with one attached hydrogen (secondary N) is 2. The van der Waals surface area contributed by atoms with Crippen molar-refractivity contribution < 1.29 is 27.9 Å². The van der Waals surface area contributed by atoms with Crippen LogP contribution in [0.5, 0.6) is 0 Å². The first-order valence-corrected chi connectivity index (χ1v) is 9.10. The molecule has 0 aliphatic carbocycles. The lowest BCUT2D eigenvalue weighted by molar-refractivity contribution is -0.134. The average Bonchev–Trinajstić information content (AvgIpc) is 2.50. The molecule has 2 aliphatic rings. The van der Waals surface area contributed by atoms with Crippen LogP contribution in [0.15, 0.2) is 12.1 Å². The molecule has 0 aromatic heterocycles. The second-order valence-electron chi connectivity index (χ2n) is 8.08. The number of benzene rings is 1. The zero-order valence-corrected chi connectivity index (χ0v) is 16.0. The summed E-state index contributed by atoms with van der Waals surface area (Å²) < 4.78 is 34.3. The van der Waals surface area contributed by atoms with Crippen molar-refractivity contribution in [2.24, 2.45) is 0 Å². The largest absolute Gasteiger partial charge is 0.444 e. The first-order chi connectivity index (χ1) is 13.0. The molecule has 3 rings (SSSR count). The Bertz CT molecular complexity index is 793. The number of imide groups is 1. The third kappa shape index (κ3) is 4.40. The fourth-order valence-electron chi connectivity index (χ4n) is 3.25. The molecule has 0 saturated carbocycles. The summed E-state index contributed by atoms with van der Waals surface area (Å²) in [5, 5.41) is 5.07. The van der Waals surface area contributed by atoms with Crippen molar-refractivity contribution >= 4 is 23.6 Å². The minimum atomic E-state index is -1.03. The van der Waals surface area contributed by atoms with Crippen LogP contribution in [0, 0.1) is 11.6 Å². The van der Waals surface area contributed by atoms with E-state index >= 15 is 0 Å². The van der Waals surface area contributed by atoms with Gasteiger partial charge in [-0.3, -0.25) is 14.9 Å². The van der Waals surface area contributed by atoms with E-state index in [4.69, 9.17) is 4.74 Å². The highest BCUT2D eigenvalue weighted by atomic mass is 19.1. The van der Waals surface area contributed by atoms with Gasteiger partial charge in [-0.1, -0.05) is 0 Å². The summed E-state index contributed by atoms with van der Waals surface area (Å²) in [6, 6.07) is 2.09. The highest BCUT2D eigenvalue weighted by Crippen LogP contribution is 2.31. The monoisotopic (exact) mass is 395 g/mol. The lowest BCUT2D eigenvalue weighted by atomic mass is 9.89. The van der Waals surface area contributed by atoms with E-state index < -0.39 is 41.1 Å². The van der Waals surface area contributed by atoms with Gasteiger partial charge in [-0.25, -0.2) is 13.6 Å². The first kappa shape index (κ1) is 20.0. The topological polar surface area (TPSA) is 87.7 Å². The van der Waals surface area contributed by atoms with Crippen LogP contribution in [0.1, 0.15) is 45.1 Å². The van der Waals surface area contributed by atoms with Crippen LogP contribution in [0.4, 0.5) is 19.3 Å². The Morgan fingerprint density at radius 1 is 1.21 bits per heavy atom. The molecule has 1 aromatic carbocycles. The maximum Gasteiger partial charge on any atom is 0.410 e. The molecule has 1 atom stereocenters. The van der Waals surface area contributed by atoms with E-state index in [1.54, 1.807) is 20.8 Å². The normalized spacial score (nSPS) is 20.5. The lowest BCUT2D eigenvalue weighted by Crippen LogP contribution is -2.57. The summed E-state index contributed by atoms with van der Waals surface area (Å²) in [6.45, 7) is 6.03. The molecule has 1 unspecified atom stereocenters. The second-order valence-corrected chi connectivity index (χ2v) is 8.08. The highest BCUT2D eigenvalue weighted by Gasteiger charge is 2.35. The van der Waals surface area contributed by atoms with Gasteiger partial charge in [0.2, 0.25) is 11.8 Å². The molecule has 0 radical (unpaired) electrons. The molecule has 2 N–H and O–H groups in total. The molecular weight excluding hydrogens is 372 g/mol. The molecule has 2 fully saturated rings. The Balaban J connectivity index is 1.62. The van der Waals surface area contributed by atoms with Gasteiger partial charge in [-0.15, -0.1) is 0 Å². The molecule has 2 heterocycles. The summed E-state index contributed by atoms with van der Waals surface area (Å²) in [6.07, 6.45) is -0.326. The quantitative estimate of drug-likeness (QED) is 0.768. The maximum atomic E-state index is 14.5. The minimum Gasteiger partial charge on any atom is -0.444 e. The van der Waals surface area contributed by atoms with Gasteiger partial charge in [0.05, 0.1) is 12.0 Å². The van der Waals surface area contributed by atoms with Gasteiger partial charge in [0.15, 0.2) is 0 Å². The molecule has 7 nitrogen and oxygen atoms in total. The third-order valence-electron chi connectivity index (χ3n) is 4.57. The Kier molecular flexibility index (Phi) is 5.27. The fraction of sp³-hybridized carbons (Fsp3) is 0.526. The summed E-state index contributed by atoms with van der Waals surface area (Å²) in [7, 11) is 0. The number of carbonyl (C=O) groups is 3. The molecule has 0 spiro atoms. The predicted molar refractivity (Wildman–Crippen MR) is 96.7 cm³/mol. The van der Waals surface area contributed by atoms with Gasteiger partial charge in [-0.2, -0.15) is 0 Å². The maximum absolute atomic E-state index is 14.5. The molecule has 2 saturated heterocycles. The Hall–Kier alpha value is -2.71. The minimum absolute atomic E-state index is 0.0395. The van der Waals surface area contributed by atoms with Crippen LogP contribution in [0.25, 0.3) is 0 Å². The van der Waals surface area contributed by atoms with Crippen molar-refractivity contribution in [3.05, 3.63) is 29.3 Å². The van der Waals surface area contributed by atoms with Crippen molar-refractivity contribution in [2.75, 3.05) is 18.4 Å². The number of ether oxygens (including phenoxy) is 1. The summed E-state index contributed by atoms with van der Waals surface area (Å²) >= 11 is 0. The van der Waals surface area contributed by atoms with Crippen LogP contribution in [0.3, 0.4) is 0 Å². The number of rotatable bonds is 3. The van der Waals surface area contributed by atoms with Gasteiger partial charge < -0.3 is 15.0 Å². The van der Waals surface area contributed by atoms with Crippen molar-refractivity contribution in [1.29, 1.82) is 0 Å². The number of piperidine rings is 1. The Labute approximate surface area is 161 Å². The number of amides is 3. The van der Waals surface area contributed by atoms with Gasteiger partial charge in [0, 0.05) is 30.8 Å². The zero-order chi connectivity index (χ0) is 20.6. The number of hydrogen-bond acceptors (Lipinski definition) is 5. The molecular formula is C19H23F2N3O4. The number of anilines is 1. The van der Waals surface area contributed by atoms with E-state index in [1.165, 1.54) is 4.90 Å². The van der Waals surface area contributed by atoms with E-state index in [9.17, 15) is 23.2 Å². The number of likely N-dealkylation sites (tertiary alicyclic amines) is 1. The predicted octanol–water partition coefficient (Wildman–Crippen LogP) is 2.52. The fourth-order valence-corrected chi connectivity index (χ4v) is 3.25. The van der Waals surface area contributed by atoms with Crippen molar-refractivity contribution in [3.8, 4) is 0 Å². The number of nitrogens with zero attached hydrogens (tertiary/aromatic N) is 1. The van der Waals surface area contributed by atoms with Crippen LogP contribution in [0.2, 0.25) is 0 Å². The van der Waals surface area contributed by atoms with Gasteiger partial charge in [-0.05, 0) is 39.3 Å².